The summed E-state index contributed by atoms with van der Waals surface area (Å²) in [6.07, 6.45) is 2.03. The number of carbonyl (C=O) groups excluding carboxylic acids is 3. The maximum Gasteiger partial charge on any atom is 0.311 e. The van der Waals surface area contributed by atoms with Gasteiger partial charge in [-0.15, -0.1) is 11.3 Å². The number of methoxy groups -OCH3 is 1. The van der Waals surface area contributed by atoms with E-state index in [9.17, 15) is 14.4 Å². The van der Waals surface area contributed by atoms with Gasteiger partial charge in [-0.05, 0) is 31.0 Å². The van der Waals surface area contributed by atoms with Gasteiger partial charge < -0.3 is 19.7 Å². The number of aromatic nitrogens is 1. The van der Waals surface area contributed by atoms with E-state index in [2.05, 4.69) is 17.2 Å². The Morgan fingerprint density at radius 2 is 2.00 bits per heavy atom. The standard InChI is InChI=1S/C23H29N3O5S/c1-4-6-11-26-19(27)13-18(21(26)15-7-9-17(30-3)10-8-15)22(29)25-23-24-16(14-32-23)12-20(28)31-5-2/h7-10,14,18,21H,4-6,11-13H2,1-3H3,(H,24,25,29). The summed E-state index contributed by atoms with van der Waals surface area (Å²) < 4.78 is 10.2. The molecule has 0 saturated carbocycles. The lowest BCUT2D eigenvalue weighted by Gasteiger charge is -2.28. The molecule has 2 unspecified atom stereocenters. The number of rotatable bonds is 10. The highest BCUT2D eigenvalue weighted by molar-refractivity contribution is 7.13. The Morgan fingerprint density at radius 1 is 1.25 bits per heavy atom. The van der Waals surface area contributed by atoms with Gasteiger partial charge in [-0.25, -0.2) is 4.98 Å². The minimum Gasteiger partial charge on any atom is -0.497 e. The fourth-order valence-electron chi connectivity index (χ4n) is 3.83. The SMILES string of the molecule is CCCCN1C(=O)CC(C(=O)Nc2nc(CC(=O)OCC)cs2)C1c1ccc(OC)cc1. The van der Waals surface area contributed by atoms with E-state index in [1.54, 1.807) is 19.4 Å². The number of nitrogens with zero attached hydrogens (tertiary/aromatic N) is 2. The van der Waals surface area contributed by atoms with Crippen molar-refractivity contribution in [2.45, 2.75) is 45.6 Å². The van der Waals surface area contributed by atoms with Crippen LogP contribution in [0.25, 0.3) is 0 Å². The zero-order valence-corrected chi connectivity index (χ0v) is 19.4. The molecule has 2 aromatic rings. The fraction of sp³-hybridized carbons (Fsp3) is 0.478. The van der Waals surface area contributed by atoms with Crippen molar-refractivity contribution in [1.82, 2.24) is 9.88 Å². The van der Waals surface area contributed by atoms with Crippen LogP contribution in [0.5, 0.6) is 5.75 Å². The van der Waals surface area contributed by atoms with Crippen LogP contribution in [0.4, 0.5) is 5.13 Å². The van der Waals surface area contributed by atoms with Crippen molar-refractivity contribution in [2.24, 2.45) is 5.92 Å². The molecule has 0 radical (unpaired) electrons. The van der Waals surface area contributed by atoms with Crippen LogP contribution in [0.3, 0.4) is 0 Å². The molecule has 1 fully saturated rings. The summed E-state index contributed by atoms with van der Waals surface area (Å²) in [5, 5.41) is 4.97. The first-order chi connectivity index (χ1) is 15.5. The summed E-state index contributed by atoms with van der Waals surface area (Å²) in [6, 6.07) is 7.14. The van der Waals surface area contributed by atoms with E-state index in [0.717, 1.165) is 24.2 Å². The highest BCUT2D eigenvalue weighted by atomic mass is 32.1. The highest BCUT2D eigenvalue weighted by Crippen LogP contribution is 2.39. The van der Waals surface area contributed by atoms with E-state index in [4.69, 9.17) is 9.47 Å². The zero-order chi connectivity index (χ0) is 23.1. The van der Waals surface area contributed by atoms with Crippen LogP contribution in [-0.2, 0) is 25.5 Å². The van der Waals surface area contributed by atoms with Crippen molar-refractivity contribution in [1.29, 1.82) is 0 Å². The Labute approximate surface area is 191 Å². The number of hydrogen-bond donors (Lipinski definition) is 1. The number of nitrogens with one attached hydrogen (secondary N) is 1. The van der Waals surface area contributed by atoms with E-state index in [1.165, 1.54) is 11.3 Å². The molecule has 1 N–H and O–H groups in total. The van der Waals surface area contributed by atoms with Crippen molar-refractivity contribution in [2.75, 3.05) is 25.6 Å². The summed E-state index contributed by atoms with van der Waals surface area (Å²) in [5.74, 6) is -0.457. The lowest BCUT2D eigenvalue weighted by atomic mass is 9.92. The average Bonchev–Trinajstić information content (AvgIpc) is 3.35. The smallest absolute Gasteiger partial charge is 0.311 e. The normalized spacial score (nSPS) is 18.0. The van der Waals surface area contributed by atoms with E-state index in [1.807, 2.05) is 29.2 Å². The number of anilines is 1. The molecule has 1 saturated heterocycles. The second-order valence-corrected chi connectivity index (χ2v) is 8.44. The Balaban J connectivity index is 1.77. The predicted octanol–water partition coefficient (Wildman–Crippen LogP) is 3.59. The second kappa shape index (κ2) is 11.1. The largest absolute Gasteiger partial charge is 0.497 e. The lowest BCUT2D eigenvalue weighted by Crippen LogP contribution is -2.33. The van der Waals surface area contributed by atoms with Crippen molar-refractivity contribution in [3.8, 4) is 5.75 Å². The third-order valence-corrected chi connectivity index (χ3v) is 6.20. The summed E-state index contributed by atoms with van der Waals surface area (Å²) in [5.41, 5.74) is 1.44. The number of unbranched alkanes of at least 4 members (excludes halogenated alkanes) is 1. The predicted molar refractivity (Wildman–Crippen MR) is 122 cm³/mol. The van der Waals surface area contributed by atoms with Gasteiger partial charge in [-0.2, -0.15) is 0 Å². The molecular weight excluding hydrogens is 430 g/mol. The molecule has 0 spiro atoms. The first-order valence-electron chi connectivity index (χ1n) is 10.8. The maximum absolute atomic E-state index is 13.2. The molecule has 2 atom stereocenters. The van der Waals surface area contributed by atoms with Gasteiger partial charge in [0, 0.05) is 18.3 Å². The van der Waals surface area contributed by atoms with Crippen LogP contribution in [-0.4, -0.2) is 47.9 Å². The van der Waals surface area contributed by atoms with Gasteiger partial charge in [0.15, 0.2) is 5.13 Å². The lowest BCUT2D eigenvalue weighted by molar-refractivity contribution is -0.142. The first kappa shape index (κ1) is 23.7. The molecule has 9 heteroatoms. The number of ether oxygens (including phenoxy) is 2. The number of benzene rings is 1. The number of hydrogen-bond acceptors (Lipinski definition) is 7. The quantitative estimate of drug-likeness (QED) is 0.546. The van der Waals surface area contributed by atoms with Crippen LogP contribution < -0.4 is 10.1 Å². The van der Waals surface area contributed by atoms with E-state index < -0.39 is 5.92 Å². The van der Waals surface area contributed by atoms with Crippen LogP contribution in [0.2, 0.25) is 0 Å². The van der Waals surface area contributed by atoms with Crippen LogP contribution in [0.1, 0.15) is 50.4 Å². The molecule has 0 aliphatic carbocycles. The maximum atomic E-state index is 13.2. The number of likely N-dealkylation sites (tertiary alicyclic amines) is 1. The van der Waals surface area contributed by atoms with E-state index in [-0.39, 0.29) is 36.7 Å². The third kappa shape index (κ3) is 5.64. The van der Waals surface area contributed by atoms with Crippen LogP contribution in [0.15, 0.2) is 29.6 Å². The molecule has 172 valence electrons. The summed E-state index contributed by atoms with van der Waals surface area (Å²) in [4.78, 5) is 43.8. The molecule has 2 amide bonds. The van der Waals surface area contributed by atoms with Gasteiger partial charge in [0.05, 0.1) is 37.8 Å². The van der Waals surface area contributed by atoms with Crippen LogP contribution >= 0.6 is 11.3 Å². The minimum absolute atomic E-state index is 0.0263. The van der Waals surface area contributed by atoms with Gasteiger partial charge in [0.25, 0.3) is 0 Å². The number of esters is 1. The molecule has 8 nitrogen and oxygen atoms in total. The van der Waals surface area contributed by atoms with Crippen LogP contribution in [0, 0.1) is 5.92 Å². The van der Waals surface area contributed by atoms with Gasteiger partial charge in [0.2, 0.25) is 11.8 Å². The molecule has 0 bridgehead atoms. The Kier molecular flexibility index (Phi) is 8.21. The number of amides is 2. The summed E-state index contributed by atoms with van der Waals surface area (Å²) in [7, 11) is 1.60. The Bertz CT molecular complexity index is 943. The monoisotopic (exact) mass is 459 g/mol. The van der Waals surface area contributed by atoms with Gasteiger partial charge in [0.1, 0.15) is 5.75 Å². The van der Waals surface area contributed by atoms with E-state index >= 15 is 0 Å². The third-order valence-electron chi connectivity index (χ3n) is 5.39. The second-order valence-electron chi connectivity index (χ2n) is 7.58. The fourth-order valence-corrected chi connectivity index (χ4v) is 4.55. The zero-order valence-electron chi connectivity index (χ0n) is 18.6. The molecule has 1 aliphatic heterocycles. The Morgan fingerprint density at radius 3 is 2.66 bits per heavy atom. The number of carbonyl (C=O) groups is 3. The molecule has 2 heterocycles. The summed E-state index contributed by atoms with van der Waals surface area (Å²) in [6.45, 7) is 4.74. The minimum atomic E-state index is -0.537. The van der Waals surface area contributed by atoms with Crippen molar-refractivity contribution >= 4 is 34.3 Å². The molecule has 1 aromatic carbocycles. The average molecular weight is 460 g/mol. The van der Waals surface area contributed by atoms with Gasteiger partial charge >= 0.3 is 5.97 Å². The molecule has 32 heavy (non-hydrogen) atoms. The topological polar surface area (TPSA) is 97.8 Å². The van der Waals surface area contributed by atoms with Gasteiger partial charge in [-0.3, -0.25) is 14.4 Å². The van der Waals surface area contributed by atoms with Crippen molar-refractivity contribution in [3.05, 3.63) is 40.9 Å². The van der Waals surface area contributed by atoms with Crippen molar-refractivity contribution in [3.63, 3.8) is 0 Å². The highest BCUT2D eigenvalue weighted by Gasteiger charge is 2.44. The number of thiazole rings is 1. The molecule has 1 aromatic heterocycles. The molecule has 1 aliphatic rings. The molecule has 3 rings (SSSR count). The van der Waals surface area contributed by atoms with Gasteiger partial charge in [-0.1, -0.05) is 25.5 Å². The first-order valence-corrected chi connectivity index (χ1v) is 11.7. The van der Waals surface area contributed by atoms with E-state index in [0.29, 0.717) is 24.0 Å². The molecular formula is C23H29N3O5S. The Hall–Kier alpha value is -2.94. The van der Waals surface area contributed by atoms with Crippen molar-refractivity contribution < 1.29 is 23.9 Å². The summed E-state index contributed by atoms with van der Waals surface area (Å²) >= 11 is 1.25.